The standard InChI is InChI=1S/C13H18N2O4/c1-10(14-8-13(16)5-6-19-9-13)11-3-2-4-12(7-11)15(17)18/h2-4,7,10,14,16H,5-6,8-9H2,1H3. The van der Waals surface area contributed by atoms with Crippen LogP contribution in [0.4, 0.5) is 5.69 Å². The van der Waals surface area contributed by atoms with Crippen molar-refractivity contribution in [3.05, 3.63) is 39.9 Å². The monoisotopic (exact) mass is 266 g/mol. The number of hydrogen-bond donors (Lipinski definition) is 2. The van der Waals surface area contributed by atoms with Gasteiger partial charge in [0, 0.05) is 37.7 Å². The number of nitrogens with one attached hydrogen (secondary N) is 1. The van der Waals surface area contributed by atoms with E-state index < -0.39 is 10.5 Å². The van der Waals surface area contributed by atoms with Crippen LogP contribution in [0.1, 0.15) is 24.9 Å². The number of rotatable bonds is 5. The Labute approximate surface area is 111 Å². The van der Waals surface area contributed by atoms with Crippen molar-refractivity contribution in [3.8, 4) is 0 Å². The lowest BCUT2D eigenvalue weighted by Crippen LogP contribution is -2.41. The predicted octanol–water partition coefficient (Wildman–Crippen LogP) is 1.40. The molecule has 2 N–H and O–H groups in total. The molecule has 1 saturated heterocycles. The van der Waals surface area contributed by atoms with Gasteiger partial charge in [-0.15, -0.1) is 0 Å². The first-order valence-corrected chi connectivity index (χ1v) is 6.28. The number of ether oxygens (including phenoxy) is 1. The Morgan fingerprint density at radius 1 is 1.63 bits per heavy atom. The molecule has 2 unspecified atom stereocenters. The molecule has 1 aromatic rings. The number of non-ortho nitro benzene ring substituents is 1. The molecule has 2 atom stereocenters. The summed E-state index contributed by atoms with van der Waals surface area (Å²) >= 11 is 0. The second-order valence-corrected chi connectivity index (χ2v) is 4.98. The van der Waals surface area contributed by atoms with Crippen molar-refractivity contribution in [2.24, 2.45) is 0 Å². The lowest BCUT2D eigenvalue weighted by Gasteiger charge is -2.24. The molecular formula is C13H18N2O4. The summed E-state index contributed by atoms with van der Waals surface area (Å²) in [6, 6.07) is 6.45. The van der Waals surface area contributed by atoms with E-state index in [0.717, 1.165) is 5.56 Å². The van der Waals surface area contributed by atoms with Crippen molar-refractivity contribution in [2.45, 2.75) is 25.0 Å². The van der Waals surface area contributed by atoms with E-state index in [1.165, 1.54) is 6.07 Å². The van der Waals surface area contributed by atoms with E-state index in [4.69, 9.17) is 4.74 Å². The second kappa shape index (κ2) is 5.64. The summed E-state index contributed by atoms with van der Waals surface area (Å²) < 4.78 is 5.17. The van der Waals surface area contributed by atoms with E-state index in [2.05, 4.69) is 5.32 Å². The molecule has 0 bridgehead atoms. The van der Waals surface area contributed by atoms with Crippen LogP contribution in [0.2, 0.25) is 0 Å². The van der Waals surface area contributed by atoms with Gasteiger partial charge in [0.2, 0.25) is 0 Å². The normalized spacial score (nSPS) is 24.3. The van der Waals surface area contributed by atoms with Gasteiger partial charge < -0.3 is 15.2 Å². The van der Waals surface area contributed by atoms with Crippen molar-refractivity contribution in [1.82, 2.24) is 5.32 Å². The Morgan fingerprint density at radius 2 is 2.42 bits per heavy atom. The zero-order valence-electron chi connectivity index (χ0n) is 10.8. The summed E-state index contributed by atoms with van der Waals surface area (Å²) in [6.45, 7) is 3.24. The molecular weight excluding hydrogens is 248 g/mol. The molecule has 0 aliphatic carbocycles. The molecule has 0 aromatic heterocycles. The second-order valence-electron chi connectivity index (χ2n) is 4.98. The van der Waals surface area contributed by atoms with Crippen LogP contribution in [0.15, 0.2) is 24.3 Å². The van der Waals surface area contributed by atoms with E-state index in [-0.39, 0.29) is 11.7 Å². The topological polar surface area (TPSA) is 84.6 Å². The highest BCUT2D eigenvalue weighted by molar-refractivity contribution is 5.35. The Morgan fingerprint density at radius 3 is 3.05 bits per heavy atom. The third-order valence-electron chi connectivity index (χ3n) is 3.40. The Balaban J connectivity index is 1.97. The molecule has 1 aliphatic heterocycles. The lowest BCUT2D eigenvalue weighted by atomic mass is 10.0. The fourth-order valence-corrected chi connectivity index (χ4v) is 2.10. The highest BCUT2D eigenvalue weighted by Crippen LogP contribution is 2.21. The molecule has 1 heterocycles. The maximum absolute atomic E-state index is 10.7. The Hall–Kier alpha value is -1.50. The molecule has 0 radical (unpaired) electrons. The smallest absolute Gasteiger partial charge is 0.269 e. The number of benzene rings is 1. The summed E-state index contributed by atoms with van der Waals surface area (Å²) in [4.78, 5) is 10.3. The molecule has 0 saturated carbocycles. The third-order valence-corrected chi connectivity index (χ3v) is 3.40. The quantitative estimate of drug-likeness (QED) is 0.621. The molecule has 1 aromatic carbocycles. The number of nitro groups is 1. The van der Waals surface area contributed by atoms with Crippen molar-refractivity contribution in [2.75, 3.05) is 19.8 Å². The third kappa shape index (κ3) is 3.50. The fraction of sp³-hybridized carbons (Fsp3) is 0.538. The lowest BCUT2D eigenvalue weighted by molar-refractivity contribution is -0.384. The first kappa shape index (κ1) is 13.9. The van der Waals surface area contributed by atoms with Gasteiger partial charge in [0.1, 0.15) is 5.60 Å². The van der Waals surface area contributed by atoms with Gasteiger partial charge in [-0.25, -0.2) is 0 Å². The molecule has 1 fully saturated rings. The maximum Gasteiger partial charge on any atom is 0.269 e. The van der Waals surface area contributed by atoms with Gasteiger partial charge in [0.25, 0.3) is 5.69 Å². The van der Waals surface area contributed by atoms with Crippen molar-refractivity contribution in [3.63, 3.8) is 0 Å². The van der Waals surface area contributed by atoms with E-state index in [1.807, 2.05) is 13.0 Å². The van der Waals surface area contributed by atoms with Crippen molar-refractivity contribution in [1.29, 1.82) is 0 Å². The molecule has 2 rings (SSSR count). The van der Waals surface area contributed by atoms with Gasteiger partial charge in [-0.3, -0.25) is 10.1 Å². The number of nitrogens with zero attached hydrogens (tertiary/aromatic N) is 1. The fourth-order valence-electron chi connectivity index (χ4n) is 2.10. The Kier molecular flexibility index (Phi) is 4.14. The van der Waals surface area contributed by atoms with Crippen LogP contribution in [0.25, 0.3) is 0 Å². The van der Waals surface area contributed by atoms with Gasteiger partial charge in [-0.1, -0.05) is 12.1 Å². The van der Waals surface area contributed by atoms with Crippen LogP contribution in [0.3, 0.4) is 0 Å². The molecule has 6 heteroatoms. The van der Waals surface area contributed by atoms with Crippen LogP contribution in [-0.4, -0.2) is 35.4 Å². The van der Waals surface area contributed by atoms with Crippen LogP contribution >= 0.6 is 0 Å². The predicted molar refractivity (Wildman–Crippen MR) is 69.9 cm³/mol. The number of nitro benzene ring substituents is 1. The maximum atomic E-state index is 10.7. The average Bonchev–Trinajstić information content (AvgIpc) is 2.83. The minimum absolute atomic E-state index is 0.0653. The van der Waals surface area contributed by atoms with Crippen LogP contribution in [0, 0.1) is 10.1 Å². The summed E-state index contributed by atoms with van der Waals surface area (Å²) in [5.74, 6) is 0. The minimum atomic E-state index is -0.824. The van der Waals surface area contributed by atoms with Gasteiger partial charge >= 0.3 is 0 Å². The summed E-state index contributed by atoms with van der Waals surface area (Å²) in [5.41, 5.74) is 0.0837. The largest absolute Gasteiger partial charge is 0.386 e. The highest BCUT2D eigenvalue weighted by Gasteiger charge is 2.32. The zero-order chi connectivity index (χ0) is 13.9. The molecule has 1 aliphatic rings. The van der Waals surface area contributed by atoms with Crippen molar-refractivity contribution >= 4 is 5.69 Å². The highest BCUT2D eigenvalue weighted by atomic mass is 16.6. The van der Waals surface area contributed by atoms with E-state index >= 15 is 0 Å². The van der Waals surface area contributed by atoms with Gasteiger partial charge in [0.15, 0.2) is 0 Å². The SMILES string of the molecule is CC(NCC1(O)CCOC1)c1cccc([N+](=O)[O-])c1. The zero-order valence-corrected chi connectivity index (χ0v) is 10.8. The van der Waals surface area contributed by atoms with Crippen LogP contribution in [-0.2, 0) is 4.74 Å². The van der Waals surface area contributed by atoms with Crippen LogP contribution in [0.5, 0.6) is 0 Å². The van der Waals surface area contributed by atoms with Crippen molar-refractivity contribution < 1.29 is 14.8 Å². The molecule has 19 heavy (non-hydrogen) atoms. The first-order valence-electron chi connectivity index (χ1n) is 6.28. The van der Waals surface area contributed by atoms with E-state index in [1.54, 1.807) is 12.1 Å². The molecule has 0 amide bonds. The summed E-state index contributed by atoms with van der Waals surface area (Å²) in [5, 5.41) is 24.1. The van der Waals surface area contributed by atoms with E-state index in [0.29, 0.717) is 26.2 Å². The Bertz CT molecular complexity index is 458. The molecule has 0 spiro atoms. The average molecular weight is 266 g/mol. The first-order chi connectivity index (χ1) is 9.00. The minimum Gasteiger partial charge on any atom is -0.386 e. The molecule has 104 valence electrons. The van der Waals surface area contributed by atoms with Gasteiger partial charge in [-0.05, 0) is 12.5 Å². The van der Waals surface area contributed by atoms with E-state index in [9.17, 15) is 15.2 Å². The summed E-state index contributed by atoms with van der Waals surface area (Å²) in [7, 11) is 0. The van der Waals surface area contributed by atoms with Gasteiger partial charge in [-0.2, -0.15) is 0 Å². The number of hydrogen-bond acceptors (Lipinski definition) is 5. The number of aliphatic hydroxyl groups is 1. The van der Waals surface area contributed by atoms with Crippen LogP contribution < -0.4 is 5.32 Å². The molecule has 6 nitrogen and oxygen atoms in total. The summed E-state index contributed by atoms with van der Waals surface area (Å²) in [6.07, 6.45) is 0.613. The van der Waals surface area contributed by atoms with Gasteiger partial charge in [0.05, 0.1) is 11.5 Å².